The summed E-state index contributed by atoms with van der Waals surface area (Å²) in [4.78, 5) is 24.6. The quantitative estimate of drug-likeness (QED) is 0.411. The number of carbonyl (C=O) groups is 2. The zero-order valence-corrected chi connectivity index (χ0v) is 14.8. The zero-order chi connectivity index (χ0) is 18.6. The minimum atomic E-state index is -1.23. The largest absolute Gasteiger partial charge is 0.469 e. The van der Waals surface area contributed by atoms with Crippen molar-refractivity contribution in [1.29, 1.82) is 0 Å². The van der Waals surface area contributed by atoms with E-state index in [1.165, 1.54) is 0 Å². The molecule has 2 atom stereocenters. The highest BCUT2D eigenvalue weighted by Crippen LogP contribution is 2.55. The van der Waals surface area contributed by atoms with Crippen LogP contribution in [-0.4, -0.2) is 18.5 Å². The Hall–Kier alpha value is -2.82. The maximum atomic E-state index is 12.5. The van der Waals surface area contributed by atoms with E-state index in [4.69, 9.17) is 13.9 Å². The molecule has 0 radical (unpaired) electrons. The Labute approximate surface area is 152 Å². The third kappa shape index (κ3) is 3.57. The average molecular weight is 354 g/mol. The van der Waals surface area contributed by atoms with Crippen LogP contribution in [0.2, 0.25) is 0 Å². The molecule has 1 aromatic heterocycles. The van der Waals surface area contributed by atoms with E-state index in [-0.39, 0.29) is 19.1 Å². The molecule has 0 N–H and O–H groups in total. The lowest BCUT2D eigenvalue weighted by molar-refractivity contribution is -0.165. The van der Waals surface area contributed by atoms with Gasteiger partial charge in [-0.05, 0) is 25.0 Å². The lowest BCUT2D eigenvalue weighted by Crippen LogP contribution is -2.31. The van der Waals surface area contributed by atoms with Crippen molar-refractivity contribution < 1.29 is 23.5 Å². The fraction of sp³-hybridized carbons (Fsp3) is 0.333. The summed E-state index contributed by atoms with van der Waals surface area (Å²) in [5.74, 6) is -0.539. The summed E-state index contributed by atoms with van der Waals surface area (Å²) in [5, 5.41) is 0. The van der Waals surface area contributed by atoms with E-state index in [0.29, 0.717) is 12.8 Å². The van der Waals surface area contributed by atoms with Crippen molar-refractivity contribution in [2.45, 2.75) is 26.4 Å². The molecular formula is C21H22O5. The van der Waals surface area contributed by atoms with Gasteiger partial charge in [0.15, 0.2) is 5.41 Å². The van der Waals surface area contributed by atoms with Crippen LogP contribution in [0.25, 0.3) is 0 Å². The summed E-state index contributed by atoms with van der Waals surface area (Å²) in [6.07, 6.45) is 4.23. The number of hydrogen-bond acceptors (Lipinski definition) is 5. The molecule has 136 valence electrons. The molecule has 1 saturated carbocycles. The van der Waals surface area contributed by atoms with Gasteiger partial charge in [0.2, 0.25) is 0 Å². The fourth-order valence-electron chi connectivity index (χ4n) is 3.05. The Morgan fingerprint density at radius 2 is 1.96 bits per heavy atom. The number of ether oxygens (including phenoxy) is 2. The molecule has 0 spiro atoms. The van der Waals surface area contributed by atoms with Crippen molar-refractivity contribution in [2.24, 2.45) is 11.3 Å². The molecule has 1 fully saturated rings. The van der Waals surface area contributed by atoms with Gasteiger partial charge in [-0.2, -0.15) is 0 Å². The normalized spacial score (nSPS) is 21.0. The van der Waals surface area contributed by atoms with Gasteiger partial charge in [-0.3, -0.25) is 9.59 Å². The van der Waals surface area contributed by atoms with Crippen LogP contribution in [0, 0.1) is 11.3 Å². The van der Waals surface area contributed by atoms with Crippen LogP contribution in [-0.2, 0) is 32.1 Å². The lowest BCUT2D eigenvalue weighted by atomic mass is 10.0. The van der Waals surface area contributed by atoms with Gasteiger partial charge in [-0.1, -0.05) is 36.4 Å². The Kier molecular flexibility index (Phi) is 5.26. The van der Waals surface area contributed by atoms with Crippen molar-refractivity contribution in [1.82, 2.24) is 0 Å². The van der Waals surface area contributed by atoms with Crippen molar-refractivity contribution in [3.05, 3.63) is 72.2 Å². The molecule has 2 unspecified atom stereocenters. The highest BCUT2D eigenvalue weighted by atomic mass is 16.6. The lowest BCUT2D eigenvalue weighted by Gasteiger charge is -2.14. The van der Waals surface area contributed by atoms with Crippen LogP contribution in [0.15, 0.2) is 59.7 Å². The topological polar surface area (TPSA) is 65.7 Å². The third-order valence-corrected chi connectivity index (χ3v) is 4.60. The third-order valence-electron chi connectivity index (χ3n) is 4.60. The summed E-state index contributed by atoms with van der Waals surface area (Å²) >= 11 is 0. The van der Waals surface area contributed by atoms with Crippen LogP contribution in [0.1, 0.15) is 30.2 Å². The first kappa shape index (κ1) is 18.0. The molecule has 2 aromatic rings. The summed E-state index contributed by atoms with van der Waals surface area (Å²) in [7, 11) is 0. The van der Waals surface area contributed by atoms with Crippen molar-refractivity contribution in [2.75, 3.05) is 6.61 Å². The summed E-state index contributed by atoms with van der Waals surface area (Å²) < 4.78 is 15.9. The van der Waals surface area contributed by atoms with E-state index >= 15 is 0 Å². The molecule has 3 rings (SSSR count). The molecule has 5 heteroatoms. The highest BCUT2D eigenvalue weighted by molar-refractivity contribution is 6.04. The van der Waals surface area contributed by atoms with E-state index in [9.17, 15) is 9.59 Å². The number of esters is 2. The van der Waals surface area contributed by atoms with Crippen LogP contribution in [0.3, 0.4) is 0 Å². The van der Waals surface area contributed by atoms with Crippen LogP contribution in [0.5, 0.6) is 0 Å². The Morgan fingerprint density at radius 3 is 2.62 bits per heavy atom. The SMILES string of the molecule is C=CC1CC1(C(=O)OCC)C(=O)OCc1coc(Cc2ccccc2)c1. The molecule has 26 heavy (non-hydrogen) atoms. The maximum Gasteiger partial charge on any atom is 0.324 e. The second-order valence-corrected chi connectivity index (χ2v) is 6.40. The van der Waals surface area contributed by atoms with E-state index < -0.39 is 17.4 Å². The number of furan rings is 1. The van der Waals surface area contributed by atoms with E-state index in [1.54, 1.807) is 19.3 Å². The molecule has 0 amide bonds. The van der Waals surface area contributed by atoms with Gasteiger partial charge in [-0.15, -0.1) is 6.58 Å². The first-order valence-corrected chi connectivity index (χ1v) is 8.67. The smallest absolute Gasteiger partial charge is 0.324 e. The minimum absolute atomic E-state index is 0.0577. The van der Waals surface area contributed by atoms with Crippen molar-refractivity contribution >= 4 is 11.9 Å². The van der Waals surface area contributed by atoms with Crippen LogP contribution in [0.4, 0.5) is 0 Å². The van der Waals surface area contributed by atoms with Gasteiger partial charge in [-0.25, -0.2) is 0 Å². The molecule has 0 aliphatic heterocycles. The highest BCUT2D eigenvalue weighted by Gasteiger charge is 2.67. The predicted molar refractivity (Wildman–Crippen MR) is 95.1 cm³/mol. The van der Waals surface area contributed by atoms with Gasteiger partial charge in [0.05, 0.1) is 12.9 Å². The standard InChI is InChI=1S/C21H22O5/c1-3-17-12-21(17,19(22)24-4-2)20(23)26-14-16-11-18(25-13-16)10-15-8-6-5-7-9-15/h3,5-9,11,13,17H,1,4,10,12,14H2,2H3. The number of hydrogen-bond donors (Lipinski definition) is 0. The molecule has 1 aliphatic rings. The molecule has 0 saturated heterocycles. The van der Waals surface area contributed by atoms with E-state index in [0.717, 1.165) is 16.9 Å². The van der Waals surface area contributed by atoms with Gasteiger partial charge in [0, 0.05) is 17.9 Å². The van der Waals surface area contributed by atoms with Crippen molar-refractivity contribution in [3.63, 3.8) is 0 Å². The van der Waals surface area contributed by atoms with Gasteiger partial charge in [0.1, 0.15) is 12.4 Å². The Bertz CT molecular complexity index is 792. The van der Waals surface area contributed by atoms with Gasteiger partial charge >= 0.3 is 11.9 Å². The number of carbonyl (C=O) groups excluding carboxylic acids is 2. The number of benzene rings is 1. The molecular weight excluding hydrogens is 332 g/mol. The number of allylic oxidation sites excluding steroid dienone is 1. The second-order valence-electron chi connectivity index (χ2n) is 6.40. The molecule has 0 bridgehead atoms. The zero-order valence-electron chi connectivity index (χ0n) is 14.8. The van der Waals surface area contributed by atoms with E-state index in [1.807, 2.05) is 36.4 Å². The molecule has 1 aromatic carbocycles. The fourth-order valence-corrected chi connectivity index (χ4v) is 3.05. The first-order chi connectivity index (χ1) is 12.6. The Balaban J connectivity index is 1.59. The van der Waals surface area contributed by atoms with Crippen molar-refractivity contribution in [3.8, 4) is 0 Å². The monoisotopic (exact) mass is 354 g/mol. The summed E-state index contributed by atoms with van der Waals surface area (Å²) in [5.41, 5.74) is 0.659. The maximum absolute atomic E-state index is 12.5. The number of rotatable bonds is 8. The second kappa shape index (κ2) is 7.60. The first-order valence-electron chi connectivity index (χ1n) is 8.67. The molecule has 1 heterocycles. The van der Waals surface area contributed by atoms with Crippen LogP contribution >= 0.6 is 0 Å². The van der Waals surface area contributed by atoms with Crippen LogP contribution < -0.4 is 0 Å². The predicted octanol–water partition coefficient (Wildman–Crippen LogP) is 3.67. The van der Waals surface area contributed by atoms with E-state index in [2.05, 4.69) is 6.58 Å². The molecule has 5 nitrogen and oxygen atoms in total. The summed E-state index contributed by atoms with van der Waals surface area (Å²) in [6, 6.07) is 11.8. The minimum Gasteiger partial charge on any atom is -0.469 e. The average Bonchev–Trinajstić information content (AvgIpc) is 3.26. The Morgan fingerprint density at radius 1 is 1.23 bits per heavy atom. The molecule has 1 aliphatic carbocycles. The van der Waals surface area contributed by atoms with Gasteiger partial charge in [0.25, 0.3) is 0 Å². The summed E-state index contributed by atoms with van der Waals surface area (Å²) in [6.45, 7) is 5.67. The van der Waals surface area contributed by atoms with Gasteiger partial charge < -0.3 is 13.9 Å².